The fourth-order valence-electron chi connectivity index (χ4n) is 1.96. The van der Waals surface area contributed by atoms with Crippen LogP contribution in [0.2, 0.25) is 0 Å². The lowest BCUT2D eigenvalue weighted by Gasteiger charge is -2.15. The number of carbonyl (C=O) groups excluding carboxylic acids is 1. The van der Waals surface area contributed by atoms with Crippen molar-refractivity contribution in [3.63, 3.8) is 0 Å². The lowest BCUT2D eigenvalue weighted by Crippen LogP contribution is -2.17. The molecule has 1 saturated heterocycles. The van der Waals surface area contributed by atoms with Gasteiger partial charge in [-0.3, -0.25) is 0 Å². The number of unbranched alkanes of at least 4 members (excludes halogenated alkanes) is 2. The van der Waals surface area contributed by atoms with E-state index in [0.29, 0.717) is 25.7 Å². The van der Waals surface area contributed by atoms with Crippen molar-refractivity contribution in [1.82, 2.24) is 0 Å². The maximum absolute atomic E-state index is 11.3. The first-order valence-electron chi connectivity index (χ1n) is 7.17. The molecule has 2 atom stereocenters. The van der Waals surface area contributed by atoms with E-state index >= 15 is 0 Å². The minimum atomic E-state index is -0.554. The van der Waals surface area contributed by atoms with Crippen LogP contribution < -0.4 is 0 Å². The van der Waals surface area contributed by atoms with E-state index in [9.17, 15) is 4.79 Å². The Morgan fingerprint density at radius 2 is 2.00 bits per heavy atom. The lowest BCUT2D eigenvalue weighted by molar-refractivity contribution is 0.0379. The average molecular weight is 258 g/mol. The molecule has 1 fully saturated rings. The third-order valence-electron chi connectivity index (χ3n) is 3.14. The zero-order valence-corrected chi connectivity index (χ0v) is 11.7. The molecule has 0 aromatic heterocycles. The van der Waals surface area contributed by atoms with Crippen LogP contribution in [0.1, 0.15) is 52.4 Å². The summed E-state index contributed by atoms with van der Waals surface area (Å²) >= 11 is 0. The predicted octanol–water partition coefficient (Wildman–Crippen LogP) is 3.54. The number of hydrogen-bond donors (Lipinski definition) is 0. The van der Waals surface area contributed by atoms with Crippen molar-refractivity contribution in [2.24, 2.45) is 5.92 Å². The fraction of sp³-hybridized carbons (Fsp3) is 0.929. The third kappa shape index (κ3) is 7.54. The minimum absolute atomic E-state index is 0.105. The quantitative estimate of drug-likeness (QED) is 0.341. The van der Waals surface area contributed by atoms with Crippen LogP contribution in [-0.4, -0.2) is 32.1 Å². The summed E-state index contributed by atoms with van der Waals surface area (Å²) in [6, 6.07) is 0. The highest BCUT2D eigenvalue weighted by Crippen LogP contribution is 2.16. The summed E-state index contributed by atoms with van der Waals surface area (Å²) in [5, 5.41) is 0. The number of epoxide rings is 1. The van der Waals surface area contributed by atoms with Gasteiger partial charge < -0.3 is 14.2 Å². The van der Waals surface area contributed by atoms with Gasteiger partial charge in [0.1, 0.15) is 12.7 Å². The summed E-state index contributed by atoms with van der Waals surface area (Å²) in [7, 11) is 0. The molecule has 1 aliphatic heterocycles. The first-order valence-corrected chi connectivity index (χ1v) is 7.17. The lowest BCUT2D eigenvalue weighted by atomic mass is 9.97. The smallest absolute Gasteiger partial charge is 0.434 e. The molecular weight excluding hydrogens is 232 g/mol. The zero-order chi connectivity index (χ0) is 13.2. The molecule has 4 nitrogen and oxygen atoms in total. The van der Waals surface area contributed by atoms with Crippen molar-refractivity contribution in [3.05, 3.63) is 0 Å². The van der Waals surface area contributed by atoms with Crippen LogP contribution in [0.5, 0.6) is 0 Å². The van der Waals surface area contributed by atoms with Crippen LogP contribution in [0.15, 0.2) is 0 Å². The van der Waals surface area contributed by atoms with Gasteiger partial charge in [0.2, 0.25) is 0 Å². The molecule has 0 bridgehead atoms. The second kappa shape index (κ2) is 9.20. The second-order valence-electron chi connectivity index (χ2n) is 4.98. The van der Waals surface area contributed by atoms with Crippen molar-refractivity contribution < 1.29 is 19.0 Å². The van der Waals surface area contributed by atoms with E-state index in [1.54, 1.807) is 0 Å². The molecule has 0 saturated carbocycles. The maximum atomic E-state index is 11.3. The molecule has 106 valence electrons. The minimum Gasteiger partial charge on any atom is -0.434 e. The zero-order valence-electron chi connectivity index (χ0n) is 11.7. The van der Waals surface area contributed by atoms with Gasteiger partial charge in [-0.2, -0.15) is 0 Å². The molecule has 0 radical (unpaired) electrons. The molecule has 0 amide bonds. The summed E-state index contributed by atoms with van der Waals surface area (Å²) in [5.41, 5.74) is 0. The molecule has 1 heterocycles. The van der Waals surface area contributed by atoms with Crippen molar-refractivity contribution in [1.29, 1.82) is 0 Å². The molecule has 4 heteroatoms. The second-order valence-corrected chi connectivity index (χ2v) is 4.98. The Balaban J connectivity index is 2.07. The molecule has 0 spiro atoms. The number of ether oxygens (including phenoxy) is 3. The molecular formula is C14H26O4. The van der Waals surface area contributed by atoms with E-state index in [1.165, 1.54) is 19.3 Å². The van der Waals surface area contributed by atoms with Crippen molar-refractivity contribution >= 4 is 6.16 Å². The summed E-state index contributed by atoms with van der Waals surface area (Å²) in [6.45, 7) is 5.87. The Morgan fingerprint density at radius 3 is 2.61 bits per heavy atom. The molecule has 1 aliphatic rings. The number of rotatable bonds is 10. The van der Waals surface area contributed by atoms with Crippen LogP contribution in [-0.2, 0) is 14.2 Å². The molecule has 0 aromatic rings. The van der Waals surface area contributed by atoms with Gasteiger partial charge in [-0.1, -0.05) is 39.5 Å². The van der Waals surface area contributed by atoms with Crippen molar-refractivity contribution in [2.45, 2.75) is 58.5 Å². The van der Waals surface area contributed by atoms with E-state index in [4.69, 9.17) is 14.2 Å². The first kappa shape index (κ1) is 15.3. The summed E-state index contributed by atoms with van der Waals surface area (Å²) < 4.78 is 15.0. The Labute approximate surface area is 110 Å². The normalized spacial score (nSPS) is 19.3. The Hall–Kier alpha value is -0.770. The monoisotopic (exact) mass is 258 g/mol. The van der Waals surface area contributed by atoms with Gasteiger partial charge >= 0.3 is 6.16 Å². The SMILES string of the molecule is CCCCCC(CCC)COC(=O)OCC1CO1. The Bertz CT molecular complexity index is 226. The summed E-state index contributed by atoms with van der Waals surface area (Å²) in [6.07, 6.45) is 6.63. The van der Waals surface area contributed by atoms with Gasteiger partial charge in [-0.05, 0) is 18.8 Å². The van der Waals surface area contributed by atoms with Gasteiger partial charge in [0.25, 0.3) is 0 Å². The van der Waals surface area contributed by atoms with E-state index in [1.807, 2.05) is 0 Å². The molecule has 18 heavy (non-hydrogen) atoms. The van der Waals surface area contributed by atoms with E-state index in [0.717, 1.165) is 19.3 Å². The van der Waals surface area contributed by atoms with Crippen LogP contribution in [0.3, 0.4) is 0 Å². The Morgan fingerprint density at radius 1 is 1.22 bits per heavy atom. The van der Waals surface area contributed by atoms with E-state index in [2.05, 4.69) is 13.8 Å². The first-order chi connectivity index (χ1) is 8.76. The summed E-state index contributed by atoms with van der Waals surface area (Å²) in [4.78, 5) is 11.3. The standard InChI is InChI=1S/C14H26O4/c1-3-5-6-8-12(7-4-2)9-17-14(15)18-11-13-10-16-13/h12-13H,3-11H2,1-2H3. The highest BCUT2D eigenvalue weighted by molar-refractivity contribution is 5.59. The predicted molar refractivity (Wildman–Crippen MR) is 69.6 cm³/mol. The van der Waals surface area contributed by atoms with Crippen molar-refractivity contribution in [2.75, 3.05) is 19.8 Å². The molecule has 0 N–H and O–H groups in total. The van der Waals surface area contributed by atoms with E-state index < -0.39 is 6.16 Å². The van der Waals surface area contributed by atoms with Gasteiger partial charge in [0.15, 0.2) is 0 Å². The average Bonchev–Trinajstić information content (AvgIpc) is 3.17. The molecule has 0 aromatic carbocycles. The van der Waals surface area contributed by atoms with Crippen LogP contribution in [0.25, 0.3) is 0 Å². The largest absolute Gasteiger partial charge is 0.508 e. The molecule has 1 rings (SSSR count). The topological polar surface area (TPSA) is 48.1 Å². The highest BCUT2D eigenvalue weighted by Gasteiger charge is 2.24. The number of carbonyl (C=O) groups is 1. The highest BCUT2D eigenvalue weighted by atomic mass is 16.7. The molecule has 0 aliphatic carbocycles. The van der Waals surface area contributed by atoms with Gasteiger partial charge in [0.05, 0.1) is 13.2 Å². The van der Waals surface area contributed by atoms with Gasteiger partial charge in [-0.25, -0.2) is 4.79 Å². The van der Waals surface area contributed by atoms with Crippen molar-refractivity contribution in [3.8, 4) is 0 Å². The van der Waals surface area contributed by atoms with Gasteiger partial charge in [-0.15, -0.1) is 0 Å². The van der Waals surface area contributed by atoms with Crippen LogP contribution in [0, 0.1) is 5.92 Å². The van der Waals surface area contributed by atoms with E-state index in [-0.39, 0.29) is 6.10 Å². The molecule has 2 unspecified atom stereocenters. The van der Waals surface area contributed by atoms with Crippen LogP contribution >= 0.6 is 0 Å². The van der Waals surface area contributed by atoms with Gasteiger partial charge in [0, 0.05) is 0 Å². The maximum Gasteiger partial charge on any atom is 0.508 e. The number of hydrogen-bond acceptors (Lipinski definition) is 4. The fourth-order valence-corrected chi connectivity index (χ4v) is 1.96. The van der Waals surface area contributed by atoms with Crippen LogP contribution in [0.4, 0.5) is 4.79 Å². The summed E-state index contributed by atoms with van der Waals surface area (Å²) in [5.74, 6) is 0.478. The third-order valence-corrected chi connectivity index (χ3v) is 3.14. The Kier molecular flexibility index (Phi) is 7.81.